The third kappa shape index (κ3) is 4.92. The van der Waals surface area contributed by atoms with E-state index >= 15 is 0 Å². The van der Waals surface area contributed by atoms with Crippen molar-refractivity contribution in [1.29, 1.82) is 0 Å². The highest BCUT2D eigenvalue weighted by molar-refractivity contribution is 7.89. The highest BCUT2D eigenvalue weighted by Gasteiger charge is 2.25. The van der Waals surface area contributed by atoms with Gasteiger partial charge in [0, 0.05) is 28.9 Å². The highest BCUT2D eigenvalue weighted by atomic mass is 32.2. The SMILES string of the molecule is O=S(=O)(c1ccc(-c2csc(NN=Cc3cccs3)n2)cc1)N1CCCCCC1. The van der Waals surface area contributed by atoms with Crippen molar-refractivity contribution in [1.82, 2.24) is 9.29 Å². The van der Waals surface area contributed by atoms with Crippen LogP contribution < -0.4 is 5.43 Å². The van der Waals surface area contributed by atoms with Gasteiger partial charge in [-0.15, -0.1) is 22.7 Å². The van der Waals surface area contributed by atoms with E-state index < -0.39 is 10.0 Å². The number of thiophene rings is 1. The second-order valence-corrected chi connectivity index (χ2v) is 10.5. The molecule has 9 heteroatoms. The van der Waals surface area contributed by atoms with Gasteiger partial charge in [0.15, 0.2) is 0 Å². The Balaban J connectivity index is 1.44. The molecule has 0 bridgehead atoms. The molecule has 6 nitrogen and oxygen atoms in total. The molecule has 3 heterocycles. The van der Waals surface area contributed by atoms with Crippen molar-refractivity contribution in [3.63, 3.8) is 0 Å². The minimum atomic E-state index is -3.43. The maximum absolute atomic E-state index is 12.9. The predicted molar refractivity (Wildman–Crippen MR) is 120 cm³/mol. The Morgan fingerprint density at radius 1 is 1.03 bits per heavy atom. The van der Waals surface area contributed by atoms with Crippen molar-refractivity contribution in [3.8, 4) is 11.3 Å². The number of aromatic nitrogens is 1. The van der Waals surface area contributed by atoms with Crippen molar-refractivity contribution in [2.45, 2.75) is 30.6 Å². The molecule has 1 aromatic carbocycles. The van der Waals surface area contributed by atoms with Gasteiger partial charge in [0.2, 0.25) is 15.2 Å². The van der Waals surface area contributed by atoms with Gasteiger partial charge in [0.25, 0.3) is 0 Å². The lowest BCUT2D eigenvalue weighted by molar-refractivity contribution is 0.424. The summed E-state index contributed by atoms with van der Waals surface area (Å²) >= 11 is 3.07. The number of sulfonamides is 1. The molecule has 0 spiro atoms. The van der Waals surface area contributed by atoms with E-state index in [1.165, 1.54) is 11.3 Å². The summed E-state index contributed by atoms with van der Waals surface area (Å²) < 4.78 is 27.4. The Labute approximate surface area is 179 Å². The molecule has 4 rings (SSSR count). The van der Waals surface area contributed by atoms with Crippen LogP contribution in [0.4, 0.5) is 5.13 Å². The summed E-state index contributed by atoms with van der Waals surface area (Å²) in [5, 5.41) is 8.82. The number of hydrazone groups is 1. The van der Waals surface area contributed by atoms with E-state index in [0.29, 0.717) is 23.1 Å². The maximum Gasteiger partial charge on any atom is 0.243 e. The van der Waals surface area contributed by atoms with Crippen molar-refractivity contribution in [2.75, 3.05) is 18.5 Å². The average Bonchev–Trinajstić information content (AvgIpc) is 3.34. The molecule has 1 saturated heterocycles. The van der Waals surface area contributed by atoms with Crippen LogP contribution in [-0.2, 0) is 10.0 Å². The lowest BCUT2D eigenvalue weighted by Gasteiger charge is -2.19. The van der Waals surface area contributed by atoms with Gasteiger partial charge in [-0.05, 0) is 36.4 Å². The van der Waals surface area contributed by atoms with Crippen molar-refractivity contribution in [2.24, 2.45) is 5.10 Å². The molecule has 0 radical (unpaired) electrons. The molecule has 1 aliphatic heterocycles. The van der Waals surface area contributed by atoms with Crippen LogP contribution in [0.25, 0.3) is 11.3 Å². The monoisotopic (exact) mass is 446 g/mol. The Hall–Kier alpha value is -2.07. The molecule has 0 unspecified atom stereocenters. The van der Waals surface area contributed by atoms with Gasteiger partial charge < -0.3 is 0 Å². The third-order valence-electron chi connectivity index (χ3n) is 4.75. The lowest BCUT2D eigenvalue weighted by atomic mass is 10.2. The van der Waals surface area contributed by atoms with E-state index in [1.54, 1.807) is 34.0 Å². The Kier molecular flexibility index (Phi) is 6.39. The fourth-order valence-corrected chi connectivity index (χ4v) is 5.97. The van der Waals surface area contributed by atoms with Gasteiger partial charge in [-0.2, -0.15) is 9.41 Å². The molecule has 2 aromatic heterocycles. The van der Waals surface area contributed by atoms with Crippen LogP contribution in [0.1, 0.15) is 30.6 Å². The lowest BCUT2D eigenvalue weighted by Crippen LogP contribution is -2.31. The van der Waals surface area contributed by atoms with E-state index in [0.717, 1.165) is 41.8 Å². The zero-order chi connectivity index (χ0) is 20.1. The quantitative estimate of drug-likeness (QED) is 0.432. The minimum absolute atomic E-state index is 0.345. The number of hydrogen-bond acceptors (Lipinski definition) is 7. The average molecular weight is 447 g/mol. The molecule has 1 N–H and O–H groups in total. The van der Waals surface area contributed by atoms with Crippen LogP contribution >= 0.6 is 22.7 Å². The molecule has 152 valence electrons. The Bertz CT molecular complexity index is 1050. The van der Waals surface area contributed by atoms with Crippen LogP contribution in [0.2, 0.25) is 0 Å². The van der Waals surface area contributed by atoms with Crippen LogP contribution in [0.3, 0.4) is 0 Å². The maximum atomic E-state index is 12.9. The van der Waals surface area contributed by atoms with Crippen LogP contribution in [-0.4, -0.2) is 37.0 Å². The smallest absolute Gasteiger partial charge is 0.243 e. The number of hydrogen-bond donors (Lipinski definition) is 1. The second-order valence-electron chi connectivity index (χ2n) is 6.77. The van der Waals surface area contributed by atoms with Gasteiger partial charge in [0.05, 0.1) is 16.8 Å². The fraction of sp³-hybridized carbons (Fsp3) is 0.300. The van der Waals surface area contributed by atoms with Crippen molar-refractivity contribution < 1.29 is 8.42 Å². The Morgan fingerprint density at radius 3 is 2.48 bits per heavy atom. The summed E-state index contributed by atoms with van der Waals surface area (Å²) in [6.07, 6.45) is 5.82. The van der Waals surface area contributed by atoms with E-state index in [9.17, 15) is 8.42 Å². The van der Waals surface area contributed by atoms with Crippen LogP contribution in [0.15, 0.2) is 57.2 Å². The first kappa shape index (κ1) is 20.2. The molecule has 29 heavy (non-hydrogen) atoms. The summed E-state index contributed by atoms with van der Waals surface area (Å²) in [6, 6.07) is 11.0. The summed E-state index contributed by atoms with van der Waals surface area (Å²) in [4.78, 5) is 5.94. The van der Waals surface area contributed by atoms with E-state index in [2.05, 4.69) is 15.5 Å². The zero-order valence-corrected chi connectivity index (χ0v) is 18.3. The van der Waals surface area contributed by atoms with Crippen molar-refractivity contribution >= 4 is 44.0 Å². The summed E-state index contributed by atoms with van der Waals surface area (Å²) in [6.45, 7) is 1.22. The fourth-order valence-electron chi connectivity index (χ4n) is 3.20. The number of thiazole rings is 1. The molecule has 1 aliphatic rings. The topological polar surface area (TPSA) is 74.7 Å². The first-order chi connectivity index (χ1) is 14.1. The first-order valence-corrected chi connectivity index (χ1v) is 12.7. The summed E-state index contributed by atoms with van der Waals surface area (Å²) in [7, 11) is -3.43. The third-order valence-corrected chi connectivity index (χ3v) is 8.22. The number of nitrogens with one attached hydrogen (secondary N) is 1. The molecule has 0 saturated carbocycles. The summed E-state index contributed by atoms with van der Waals surface area (Å²) in [5.74, 6) is 0. The number of rotatable bonds is 6. The Morgan fingerprint density at radius 2 is 1.79 bits per heavy atom. The van der Waals surface area contributed by atoms with Gasteiger partial charge >= 0.3 is 0 Å². The molecule has 3 aromatic rings. The van der Waals surface area contributed by atoms with Crippen LogP contribution in [0, 0.1) is 0 Å². The minimum Gasteiger partial charge on any atom is -0.253 e. The van der Waals surface area contributed by atoms with E-state index in [1.807, 2.05) is 35.0 Å². The van der Waals surface area contributed by atoms with E-state index in [4.69, 9.17) is 0 Å². The number of anilines is 1. The first-order valence-electron chi connectivity index (χ1n) is 9.52. The standard InChI is InChI=1S/C20H22N4O2S3/c25-29(26,24-11-3-1-2-4-12-24)18-9-7-16(8-10-18)19-15-28-20(22-19)23-21-14-17-6-5-13-27-17/h5-10,13-15H,1-4,11-12H2,(H,22,23). The van der Waals surface area contributed by atoms with E-state index in [-0.39, 0.29) is 0 Å². The number of nitrogens with zero attached hydrogens (tertiary/aromatic N) is 3. The molecule has 0 amide bonds. The largest absolute Gasteiger partial charge is 0.253 e. The molecule has 0 aliphatic carbocycles. The number of benzene rings is 1. The normalized spacial score (nSPS) is 16.1. The van der Waals surface area contributed by atoms with Gasteiger partial charge in [-0.3, -0.25) is 5.43 Å². The molecule has 1 fully saturated rings. The molecular formula is C20H22N4O2S3. The second kappa shape index (κ2) is 9.17. The van der Waals surface area contributed by atoms with Crippen LogP contribution in [0.5, 0.6) is 0 Å². The zero-order valence-electron chi connectivity index (χ0n) is 15.8. The molecular weight excluding hydrogens is 424 g/mol. The highest BCUT2D eigenvalue weighted by Crippen LogP contribution is 2.27. The summed E-state index contributed by atoms with van der Waals surface area (Å²) in [5.41, 5.74) is 4.61. The van der Waals surface area contributed by atoms with Gasteiger partial charge in [-0.25, -0.2) is 13.4 Å². The van der Waals surface area contributed by atoms with Gasteiger partial charge in [0.1, 0.15) is 0 Å². The predicted octanol–water partition coefficient (Wildman–Crippen LogP) is 4.88. The van der Waals surface area contributed by atoms with Gasteiger partial charge in [-0.1, -0.05) is 31.0 Å². The molecule has 0 atom stereocenters. The van der Waals surface area contributed by atoms with Crippen molar-refractivity contribution in [3.05, 3.63) is 52.0 Å².